The van der Waals surface area contributed by atoms with Gasteiger partial charge < -0.3 is 15.3 Å². The Balaban J connectivity index is 2.64. The molecule has 1 aromatic carbocycles. The zero-order valence-corrected chi connectivity index (χ0v) is 13.8. The maximum Gasteiger partial charge on any atom is 0.326 e. The maximum atomic E-state index is 12.4. The zero-order chi connectivity index (χ0) is 17.4. The third kappa shape index (κ3) is 6.50. The number of nitrogens with one attached hydrogen (secondary N) is 1. The van der Waals surface area contributed by atoms with Crippen LogP contribution < -0.4 is 5.32 Å². The molecule has 2 amide bonds. The second-order valence-corrected chi connectivity index (χ2v) is 5.57. The van der Waals surface area contributed by atoms with E-state index in [4.69, 9.17) is 5.11 Å². The van der Waals surface area contributed by atoms with Gasteiger partial charge in [0.1, 0.15) is 6.04 Å². The van der Waals surface area contributed by atoms with Crippen LogP contribution in [0.15, 0.2) is 24.3 Å². The van der Waals surface area contributed by atoms with E-state index < -0.39 is 12.0 Å². The van der Waals surface area contributed by atoms with Crippen LogP contribution in [0.3, 0.4) is 0 Å². The van der Waals surface area contributed by atoms with Crippen LogP contribution >= 0.6 is 0 Å². The van der Waals surface area contributed by atoms with Crippen molar-refractivity contribution in [1.82, 2.24) is 10.2 Å². The minimum Gasteiger partial charge on any atom is -0.480 e. The summed E-state index contributed by atoms with van der Waals surface area (Å²) in [5.74, 6) is -1.50. The van der Waals surface area contributed by atoms with Crippen molar-refractivity contribution in [2.24, 2.45) is 0 Å². The van der Waals surface area contributed by atoms with Gasteiger partial charge >= 0.3 is 5.97 Å². The quantitative estimate of drug-likeness (QED) is 0.757. The van der Waals surface area contributed by atoms with Crippen LogP contribution in [-0.2, 0) is 20.8 Å². The van der Waals surface area contributed by atoms with Crippen LogP contribution in [0, 0.1) is 6.92 Å². The van der Waals surface area contributed by atoms with E-state index in [0.717, 1.165) is 11.1 Å². The Hall–Kier alpha value is -2.37. The number of aryl methyl sites for hydroxylation is 2. The predicted molar refractivity (Wildman–Crippen MR) is 87.0 cm³/mol. The SMILES string of the molecule is CC(=O)NCCN(C(=O)CCc1ccc(C)cc1)C(C)C(=O)O. The minimum atomic E-state index is -1.06. The third-order valence-electron chi connectivity index (χ3n) is 3.62. The summed E-state index contributed by atoms with van der Waals surface area (Å²) in [5, 5.41) is 11.7. The van der Waals surface area contributed by atoms with Crippen molar-refractivity contribution in [3.8, 4) is 0 Å². The number of benzene rings is 1. The highest BCUT2D eigenvalue weighted by Crippen LogP contribution is 2.09. The first-order valence-corrected chi connectivity index (χ1v) is 7.63. The summed E-state index contributed by atoms with van der Waals surface area (Å²) in [6.45, 7) is 5.26. The fraction of sp³-hybridized carbons (Fsp3) is 0.471. The molecule has 6 heteroatoms. The number of carbonyl (C=O) groups excluding carboxylic acids is 2. The molecule has 0 heterocycles. The van der Waals surface area contributed by atoms with Crippen LogP contribution in [0.4, 0.5) is 0 Å². The number of carbonyl (C=O) groups is 3. The second-order valence-electron chi connectivity index (χ2n) is 5.57. The molecule has 0 bridgehead atoms. The van der Waals surface area contributed by atoms with Crippen LogP contribution in [0.2, 0.25) is 0 Å². The number of hydrogen-bond donors (Lipinski definition) is 2. The molecule has 0 saturated carbocycles. The van der Waals surface area contributed by atoms with Crippen molar-refractivity contribution in [3.05, 3.63) is 35.4 Å². The first-order valence-electron chi connectivity index (χ1n) is 7.63. The molecule has 6 nitrogen and oxygen atoms in total. The minimum absolute atomic E-state index is 0.180. The highest BCUT2D eigenvalue weighted by Gasteiger charge is 2.24. The van der Waals surface area contributed by atoms with E-state index >= 15 is 0 Å². The second kappa shape index (κ2) is 8.92. The van der Waals surface area contributed by atoms with Crippen LogP contribution in [0.5, 0.6) is 0 Å². The standard InChI is InChI=1S/C17H24N2O4/c1-12-4-6-15(7-5-12)8-9-16(21)19(13(2)17(22)23)11-10-18-14(3)20/h4-7,13H,8-11H2,1-3H3,(H,18,20)(H,22,23). The Bertz CT molecular complexity index is 554. The average molecular weight is 320 g/mol. The Morgan fingerprint density at radius 3 is 2.35 bits per heavy atom. The van der Waals surface area contributed by atoms with Crippen molar-refractivity contribution in [3.63, 3.8) is 0 Å². The lowest BCUT2D eigenvalue weighted by Gasteiger charge is -2.26. The number of rotatable bonds is 8. The van der Waals surface area contributed by atoms with E-state index in [1.165, 1.54) is 18.7 Å². The third-order valence-corrected chi connectivity index (χ3v) is 3.62. The lowest BCUT2D eigenvalue weighted by molar-refractivity contribution is -0.149. The molecule has 0 aromatic heterocycles. The average Bonchev–Trinajstić information content (AvgIpc) is 2.49. The Morgan fingerprint density at radius 1 is 1.22 bits per heavy atom. The number of carboxylic acid groups (broad SMARTS) is 1. The number of aliphatic carboxylic acids is 1. The van der Waals surface area contributed by atoms with Gasteiger partial charge in [0, 0.05) is 26.4 Å². The molecule has 126 valence electrons. The van der Waals surface area contributed by atoms with Gasteiger partial charge in [-0.2, -0.15) is 0 Å². The van der Waals surface area contributed by atoms with Crippen molar-refractivity contribution in [2.45, 2.75) is 39.7 Å². The highest BCUT2D eigenvalue weighted by molar-refractivity contribution is 5.83. The monoisotopic (exact) mass is 320 g/mol. The molecule has 23 heavy (non-hydrogen) atoms. The lowest BCUT2D eigenvalue weighted by Crippen LogP contribution is -2.46. The Kier molecular flexibility index (Phi) is 7.25. The van der Waals surface area contributed by atoms with Gasteiger partial charge in [-0.1, -0.05) is 29.8 Å². The van der Waals surface area contributed by atoms with Gasteiger partial charge in [-0.3, -0.25) is 9.59 Å². The summed E-state index contributed by atoms with van der Waals surface area (Å²) >= 11 is 0. The fourth-order valence-electron chi connectivity index (χ4n) is 2.17. The summed E-state index contributed by atoms with van der Waals surface area (Å²) in [7, 11) is 0. The summed E-state index contributed by atoms with van der Waals surface area (Å²) in [6.07, 6.45) is 0.794. The Morgan fingerprint density at radius 2 is 1.83 bits per heavy atom. The number of hydrogen-bond acceptors (Lipinski definition) is 3. The van der Waals surface area contributed by atoms with Crippen molar-refractivity contribution >= 4 is 17.8 Å². The van der Waals surface area contributed by atoms with Gasteiger partial charge in [-0.15, -0.1) is 0 Å². The van der Waals surface area contributed by atoms with E-state index in [9.17, 15) is 14.4 Å². The van der Waals surface area contributed by atoms with Gasteiger partial charge in [0.05, 0.1) is 0 Å². The molecule has 1 atom stereocenters. The fourth-order valence-corrected chi connectivity index (χ4v) is 2.17. The van der Waals surface area contributed by atoms with Gasteiger partial charge in [-0.25, -0.2) is 4.79 Å². The molecule has 2 N–H and O–H groups in total. The number of nitrogens with zero attached hydrogens (tertiary/aromatic N) is 1. The van der Waals surface area contributed by atoms with Crippen LogP contribution in [-0.4, -0.2) is 46.9 Å². The van der Waals surface area contributed by atoms with E-state index in [-0.39, 0.29) is 31.3 Å². The first kappa shape index (κ1) is 18.7. The largest absolute Gasteiger partial charge is 0.480 e. The highest BCUT2D eigenvalue weighted by atomic mass is 16.4. The summed E-state index contributed by atoms with van der Waals surface area (Å²) in [4.78, 5) is 35.7. The molecule has 1 unspecified atom stereocenters. The summed E-state index contributed by atoms with van der Waals surface area (Å²) < 4.78 is 0. The van der Waals surface area contributed by atoms with Gasteiger partial charge in [0.25, 0.3) is 0 Å². The van der Waals surface area contributed by atoms with Crippen molar-refractivity contribution in [1.29, 1.82) is 0 Å². The van der Waals surface area contributed by atoms with E-state index in [2.05, 4.69) is 5.32 Å². The number of carboxylic acids is 1. The van der Waals surface area contributed by atoms with Crippen molar-refractivity contribution in [2.75, 3.05) is 13.1 Å². The molecule has 0 saturated heterocycles. The van der Waals surface area contributed by atoms with E-state index in [1.807, 2.05) is 31.2 Å². The van der Waals surface area contributed by atoms with Crippen molar-refractivity contribution < 1.29 is 19.5 Å². The molecule has 0 aliphatic rings. The van der Waals surface area contributed by atoms with E-state index in [1.54, 1.807) is 0 Å². The molecule has 0 aliphatic carbocycles. The molecule has 1 aromatic rings. The molecule has 0 fully saturated rings. The molecule has 0 aliphatic heterocycles. The Labute approximate surface area is 136 Å². The molecule has 0 radical (unpaired) electrons. The maximum absolute atomic E-state index is 12.4. The summed E-state index contributed by atoms with van der Waals surface area (Å²) in [6, 6.07) is 6.97. The van der Waals surface area contributed by atoms with Crippen LogP contribution in [0.25, 0.3) is 0 Å². The predicted octanol–water partition coefficient (Wildman–Crippen LogP) is 1.37. The molecule has 0 spiro atoms. The lowest BCUT2D eigenvalue weighted by atomic mass is 10.1. The van der Waals surface area contributed by atoms with Crippen LogP contribution in [0.1, 0.15) is 31.4 Å². The first-order chi connectivity index (χ1) is 10.8. The molecule has 1 rings (SSSR count). The smallest absolute Gasteiger partial charge is 0.326 e. The topological polar surface area (TPSA) is 86.7 Å². The number of amides is 2. The van der Waals surface area contributed by atoms with Gasteiger partial charge in [0.2, 0.25) is 11.8 Å². The summed E-state index contributed by atoms with van der Waals surface area (Å²) in [5.41, 5.74) is 2.19. The normalized spacial score (nSPS) is 11.6. The molecular formula is C17H24N2O4. The van der Waals surface area contributed by atoms with Gasteiger partial charge in [-0.05, 0) is 25.8 Å². The van der Waals surface area contributed by atoms with E-state index in [0.29, 0.717) is 6.42 Å². The zero-order valence-electron chi connectivity index (χ0n) is 13.8. The molecular weight excluding hydrogens is 296 g/mol. The van der Waals surface area contributed by atoms with Gasteiger partial charge in [0.15, 0.2) is 0 Å².